The third kappa shape index (κ3) is 3.78. The Bertz CT molecular complexity index is 539. The van der Waals surface area contributed by atoms with E-state index in [0.29, 0.717) is 12.1 Å². The Balaban J connectivity index is 1.94. The highest BCUT2D eigenvalue weighted by Gasteiger charge is 2.22. The van der Waals surface area contributed by atoms with E-state index >= 15 is 0 Å². The molecule has 1 amide bonds. The Morgan fingerprint density at radius 3 is 2.71 bits per heavy atom. The minimum Gasteiger partial charge on any atom is -0.341 e. The van der Waals surface area contributed by atoms with Crippen LogP contribution in [0.25, 0.3) is 0 Å². The maximum Gasteiger partial charge on any atom is 0.272 e. The maximum absolute atomic E-state index is 12.2. The zero-order chi connectivity index (χ0) is 15.4. The molecule has 0 aliphatic carbocycles. The first-order valence-electron chi connectivity index (χ1n) is 7.25. The zero-order valence-electron chi connectivity index (χ0n) is 12.5. The Kier molecular flexibility index (Phi) is 4.90. The summed E-state index contributed by atoms with van der Waals surface area (Å²) >= 11 is 0. The largest absolute Gasteiger partial charge is 0.341 e. The molecule has 0 spiro atoms. The summed E-state index contributed by atoms with van der Waals surface area (Å²) < 4.78 is 0. The van der Waals surface area contributed by atoms with Gasteiger partial charge in [0.1, 0.15) is 0 Å². The quantitative estimate of drug-likeness (QED) is 0.665. The normalized spacial score (nSPS) is 16.0. The van der Waals surface area contributed by atoms with Crippen LogP contribution in [0, 0.1) is 17.0 Å². The van der Waals surface area contributed by atoms with Crippen LogP contribution < -0.4 is 5.32 Å². The molecule has 2 rings (SSSR count). The van der Waals surface area contributed by atoms with Crippen LogP contribution >= 0.6 is 0 Å². The predicted octanol–water partition coefficient (Wildman–Crippen LogP) is 2.00. The van der Waals surface area contributed by atoms with Crippen LogP contribution in [0.5, 0.6) is 0 Å². The second-order valence-corrected chi connectivity index (χ2v) is 5.51. The van der Waals surface area contributed by atoms with Gasteiger partial charge in [-0.1, -0.05) is 12.1 Å². The monoisotopic (exact) mass is 291 g/mol. The van der Waals surface area contributed by atoms with Crippen LogP contribution in [0.15, 0.2) is 18.2 Å². The molecule has 0 aromatic heterocycles. The van der Waals surface area contributed by atoms with Gasteiger partial charge in [0.25, 0.3) is 5.69 Å². The third-order valence-electron chi connectivity index (χ3n) is 3.87. The van der Waals surface area contributed by atoms with Crippen LogP contribution in [0.2, 0.25) is 0 Å². The number of hydrogen-bond donors (Lipinski definition) is 1. The number of nitrogens with one attached hydrogen (secondary N) is 1. The van der Waals surface area contributed by atoms with Crippen LogP contribution in [0.3, 0.4) is 0 Å². The van der Waals surface area contributed by atoms with E-state index in [1.165, 1.54) is 0 Å². The van der Waals surface area contributed by atoms with Gasteiger partial charge in [-0.25, -0.2) is 0 Å². The van der Waals surface area contributed by atoms with E-state index in [9.17, 15) is 14.9 Å². The van der Waals surface area contributed by atoms with Gasteiger partial charge < -0.3 is 10.2 Å². The highest BCUT2D eigenvalue weighted by Crippen LogP contribution is 2.19. The van der Waals surface area contributed by atoms with Crippen molar-refractivity contribution < 1.29 is 9.72 Å². The number of benzene rings is 1. The first-order valence-corrected chi connectivity index (χ1v) is 7.25. The molecule has 0 radical (unpaired) electrons. The molecule has 1 aromatic carbocycles. The summed E-state index contributed by atoms with van der Waals surface area (Å²) in [5, 5.41) is 14.1. The molecule has 21 heavy (non-hydrogen) atoms. The summed E-state index contributed by atoms with van der Waals surface area (Å²) in [6.07, 6.45) is 2.14. The van der Waals surface area contributed by atoms with Gasteiger partial charge in [-0.05, 0) is 32.3 Å². The summed E-state index contributed by atoms with van der Waals surface area (Å²) in [4.78, 5) is 24.6. The zero-order valence-corrected chi connectivity index (χ0v) is 12.5. The molecule has 1 fully saturated rings. The fourth-order valence-electron chi connectivity index (χ4n) is 2.53. The van der Waals surface area contributed by atoms with E-state index in [-0.39, 0.29) is 22.6 Å². The molecule has 1 heterocycles. The number of aryl methyl sites for hydroxylation is 1. The molecule has 1 aromatic rings. The van der Waals surface area contributed by atoms with Gasteiger partial charge in [0.2, 0.25) is 5.91 Å². The molecule has 6 heteroatoms. The number of nitro benzene ring substituents is 1. The highest BCUT2D eigenvalue weighted by molar-refractivity contribution is 5.81. The lowest BCUT2D eigenvalue weighted by Crippen LogP contribution is -2.43. The van der Waals surface area contributed by atoms with E-state index in [2.05, 4.69) is 5.32 Å². The number of likely N-dealkylation sites (tertiary alicyclic amines) is 1. The van der Waals surface area contributed by atoms with Crippen molar-refractivity contribution in [3.8, 4) is 0 Å². The molecule has 1 saturated heterocycles. The molecule has 0 bridgehead atoms. The lowest BCUT2D eigenvalue weighted by molar-refractivity contribution is -0.385. The van der Waals surface area contributed by atoms with Crippen molar-refractivity contribution in [3.63, 3.8) is 0 Å². The number of amides is 1. The van der Waals surface area contributed by atoms with Gasteiger partial charge >= 0.3 is 0 Å². The number of carbonyl (C=O) groups is 1. The lowest BCUT2D eigenvalue weighted by Gasteiger charge is -2.21. The Labute approximate surface area is 124 Å². The summed E-state index contributed by atoms with van der Waals surface area (Å²) in [7, 11) is 0. The van der Waals surface area contributed by atoms with Crippen LogP contribution in [0.1, 0.15) is 30.9 Å². The average Bonchev–Trinajstić information content (AvgIpc) is 2.99. The Hall–Kier alpha value is -1.95. The van der Waals surface area contributed by atoms with Crippen LogP contribution in [0.4, 0.5) is 5.69 Å². The van der Waals surface area contributed by atoms with Gasteiger partial charge in [0, 0.05) is 31.3 Å². The number of nitrogens with zero attached hydrogens (tertiary/aromatic N) is 2. The molecule has 1 aliphatic heterocycles. The standard InChI is InChI=1S/C15H21N3O3/c1-11-5-6-13(9-14(11)18(20)21)10-16-12(2)15(19)17-7-3-4-8-17/h5-6,9,12,16H,3-4,7-8,10H2,1-2H3. The van der Waals surface area contributed by atoms with Gasteiger partial charge in [0.05, 0.1) is 11.0 Å². The Morgan fingerprint density at radius 2 is 2.10 bits per heavy atom. The highest BCUT2D eigenvalue weighted by atomic mass is 16.6. The summed E-state index contributed by atoms with van der Waals surface area (Å²) in [5.74, 6) is 0.106. The van der Waals surface area contributed by atoms with Crippen LogP contribution in [-0.2, 0) is 11.3 Å². The van der Waals surface area contributed by atoms with E-state index < -0.39 is 0 Å². The van der Waals surface area contributed by atoms with Gasteiger partial charge in [-0.3, -0.25) is 14.9 Å². The molecular weight excluding hydrogens is 270 g/mol. The van der Waals surface area contributed by atoms with E-state index in [1.807, 2.05) is 17.9 Å². The van der Waals surface area contributed by atoms with Crippen LogP contribution in [-0.4, -0.2) is 34.9 Å². The molecule has 0 saturated carbocycles. The average molecular weight is 291 g/mol. The fraction of sp³-hybridized carbons (Fsp3) is 0.533. The fourth-order valence-corrected chi connectivity index (χ4v) is 2.53. The minimum absolute atomic E-state index is 0.106. The Morgan fingerprint density at radius 1 is 1.43 bits per heavy atom. The first-order chi connectivity index (χ1) is 9.99. The van der Waals surface area contributed by atoms with Crippen molar-refractivity contribution >= 4 is 11.6 Å². The SMILES string of the molecule is Cc1ccc(CNC(C)C(=O)N2CCCC2)cc1[N+](=O)[O-]. The van der Waals surface area contributed by atoms with Gasteiger partial charge in [0.15, 0.2) is 0 Å². The molecule has 114 valence electrons. The second kappa shape index (κ2) is 6.67. The molecule has 1 N–H and O–H groups in total. The van der Waals surface area contributed by atoms with Crippen molar-refractivity contribution in [1.29, 1.82) is 0 Å². The first kappa shape index (κ1) is 15.4. The van der Waals surface area contributed by atoms with Crippen molar-refractivity contribution in [2.75, 3.05) is 13.1 Å². The van der Waals surface area contributed by atoms with E-state index in [4.69, 9.17) is 0 Å². The molecule has 1 aliphatic rings. The summed E-state index contributed by atoms with van der Waals surface area (Å²) in [6.45, 7) is 5.67. The third-order valence-corrected chi connectivity index (χ3v) is 3.87. The predicted molar refractivity (Wildman–Crippen MR) is 79.9 cm³/mol. The van der Waals surface area contributed by atoms with Crippen molar-refractivity contribution in [1.82, 2.24) is 10.2 Å². The van der Waals surface area contributed by atoms with Gasteiger partial charge in [-0.15, -0.1) is 0 Å². The van der Waals surface area contributed by atoms with Crippen molar-refractivity contribution in [3.05, 3.63) is 39.4 Å². The minimum atomic E-state index is -0.377. The lowest BCUT2D eigenvalue weighted by atomic mass is 10.1. The smallest absolute Gasteiger partial charge is 0.272 e. The number of carbonyl (C=O) groups excluding carboxylic acids is 1. The maximum atomic E-state index is 12.2. The second-order valence-electron chi connectivity index (χ2n) is 5.51. The number of nitro groups is 1. The molecule has 6 nitrogen and oxygen atoms in total. The topological polar surface area (TPSA) is 75.5 Å². The number of rotatable bonds is 5. The molecule has 1 atom stereocenters. The molecular formula is C15H21N3O3. The number of hydrogen-bond acceptors (Lipinski definition) is 4. The van der Waals surface area contributed by atoms with Crippen molar-refractivity contribution in [2.45, 2.75) is 39.3 Å². The van der Waals surface area contributed by atoms with E-state index in [0.717, 1.165) is 31.5 Å². The van der Waals surface area contributed by atoms with Gasteiger partial charge in [-0.2, -0.15) is 0 Å². The summed E-state index contributed by atoms with van der Waals surface area (Å²) in [6, 6.07) is 4.88. The van der Waals surface area contributed by atoms with E-state index in [1.54, 1.807) is 19.1 Å². The van der Waals surface area contributed by atoms with Crippen molar-refractivity contribution in [2.24, 2.45) is 0 Å². The summed E-state index contributed by atoms with van der Waals surface area (Å²) in [5.41, 5.74) is 1.58. The molecule has 1 unspecified atom stereocenters.